The molecule has 2 N–H and O–H groups in total. The molecule has 0 saturated heterocycles. The van der Waals surface area contributed by atoms with Crippen molar-refractivity contribution < 1.29 is 4.79 Å². The second-order valence-electron chi connectivity index (χ2n) is 5.99. The van der Waals surface area contributed by atoms with E-state index in [9.17, 15) is 4.79 Å². The molecule has 0 aliphatic heterocycles. The van der Waals surface area contributed by atoms with Gasteiger partial charge in [0, 0.05) is 11.1 Å². The number of hydrogen-bond donors (Lipinski definition) is 2. The lowest BCUT2D eigenvalue weighted by Crippen LogP contribution is -2.22. The van der Waals surface area contributed by atoms with Gasteiger partial charge >= 0.3 is 0 Å². The highest BCUT2D eigenvalue weighted by Crippen LogP contribution is 2.26. The average Bonchev–Trinajstić information content (AvgIpc) is 2.59. The summed E-state index contributed by atoms with van der Waals surface area (Å²) < 4.78 is 0. The minimum Gasteiger partial charge on any atom is -0.381 e. The Morgan fingerprint density at radius 1 is 1.08 bits per heavy atom. The predicted octanol–water partition coefficient (Wildman–Crippen LogP) is 5.39. The molecule has 24 heavy (non-hydrogen) atoms. The Balaban J connectivity index is 1.62. The molecule has 0 spiro atoms. The monoisotopic (exact) mass is 363 g/mol. The Hall–Kier alpha value is -1.78. The standard InChI is InChI=1S/C18H19Cl2N3O/c19-12-6-8-16(15(20)10-12)23-18(24)17-9-7-14(11-21-17)22-13-4-2-1-3-5-13/h6-11,13,22H,1-5H2,(H,23,24). The molecule has 0 radical (unpaired) electrons. The van der Waals surface area contributed by atoms with Crippen molar-refractivity contribution in [3.05, 3.63) is 52.3 Å². The number of carbonyl (C=O) groups excluding carboxylic acids is 1. The van der Waals surface area contributed by atoms with Crippen molar-refractivity contribution in [2.45, 2.75) is 38.1 Å². The average molecular weight is 364 g/mol. The summed E-state index contributed by atoms with van der Waals surface area (Å²) in [5.41, 5.74) is 1.80. The third-order valence-electron chi connectivity index (χ3n) is 4.15. The highest BCUT2D eigenvalue weighted by molar-refractivity contribution is 6.36. The Labute approximate surface area is 151 Å². The number of nitrogens with zero attached hydrogens (tertiary/aromatic N) is 1. The van der Waals surface area contributed by atoms with E-state index in [1.165, 1.54) is 32.1 Å². The van der Waals surface area contributed by atoms with Gasteiger partial charge in [-0.15, -0.1) is 0 Å². The highest BCUT2D eigenvalue weighted by Gasteiger charge is 2.14. The van der Waals surface area contributed by atoms with E-state index in [1.807, 2.05) is 6.07 Å². The number of amides is 1. The predicted molar refractivity (Wildman–Crippen MR) is 99.1 cm³/mol. The van der Waals surface area contributed by atoms with Gasteiger partial charge in [0.25, 0.3) is 5.91 Å². The molecule has 126 valence electrons. The van der Waals surface area contributed by atoms with Crippen molar-refractivity contribution in [2.24, 2.45) is 0 Å². The number of aromatic nitrogens is 1. The van der Waals surface area contributed by atoms with Gasteiger partial charge in [0.1, 0.15) is 5.69 Å². The van der Waals surface area contributed by atoms with Crippen LogP contribution in [0.1, 0.15) is 42.6 Å². The van der Waals surface area contributed by atoms with Crippen LogP contribution in [0.4, 0.5) is 11.4 Å². The molecule has 1 aromatic carbocycles. The summed E-state index contributed by atoms with van der Waals surface area (Å²) in [5, 5.41) is 7.14. The zero-order valence-corrected chi connectivity index (χ0v) is 14.7. The van der Waals surface area contributed by atoms with Crippen molar-refractivity contribution >= 4 is 40.5 Å². The quantitative estimate of drug-likeness (QED) is 0.765. The number of carbonyl (C=O) groups is 1. The summed E-state index contributed by atoms with van der Waals surface area (Å²) >= 11 is 11.9. The van der Waals surface area contributed by atoms with E-state index in [0.717, 1.165) is 5.69 Å². The van der Waals surface area contributed by atoms with Crippen LogP contribution in [-0.2, 0) is 0 Å². The lowest BCUT2D eigenvalue weighted by atomic mass is 9.95. The Morgan fingerprint density at radius 2 is 1.88 bits per heavy atom. The van der Waals surface area contributed by atoms with Gasteiger partial charge in [0.05, 0.1) is 22.6 Å². The Kier molecular flexibility index (Phi) is 5.59. The van der Waals surface area contributed by atoms with Crippen LogP contribution in [0, 0.1) is 0 Å². The molecule has 1 amide bonds. The molecular formula is C18H19Cl2N3O. The molecule has 1 aliphatic carbocycles. The zero-order valence-electron chi connectivity index (χ0n) is 13.2. The summed E-state index contributed by atoms with van der Waals surface area (Å²) in [6.07, 6.45) is 7.95. The van der Waals surface area contributed by atoms with Crippen molar-refractivity contribution in [3.8, 4) is 0 Å². The van der Waals surface area contributed by atoms with E-state index in [2.05, 4.69) is 15.6 Å². The smallest absolute Gasteiger partial charge is 0.274 e. The maximum absolute atomic E-state index is 12.3. The first kappa shape index (κ1) is 17.1. The van der Waals surface area contributed by atoms with E-state index in [4.69, 9.17) is 23.2 Å². The summed E-state index contributed by atoms with van der Waals surface area (Å²) in [6.45, 7) is 0. The Morgan fingerprint density at radius 3 is 2.54 bits per heavy atom. The second-order valence-corrected chi connectivity index (χ2v) is 6.83. The summed E-state index contributed by atoms with van der Waals surface area (Å²) in [6, 6.07) is 9.04. The fourth-order valence-corrected chi connectivity index (χ4v) is 3.33. The van der Waals surface area contributed by atoms with E-state index < -0.39 is 0 Å². The molecule has 1 aliphatic rings. The topological polar surface area (TPSA) is 54.0 Å². The summed E-state index contributed by atoms with van der Waals surface area (Å²) in [4.78, 5) is 16.5. The number of pyridine rings is 1. The highest BCUT2D eigenvalue weighted by atomic mass is 35.5. The number of nitrogens with one attached hydrogen (secondary N) is 2. The molecule has 3 rings (SSSR count). The number of halogens is 2. The van der Waals surface area contributed by atoms with Gasteiger partial charge in [-0.25, -0.2) is 4.98 Å². The Bertz CT molecular complexity index is 713. The van der Waals surface area contributed by atoms with Crippen LogP contribution in [0.5, 0.6) is 0 Å². The van der Waals surface area contributed by atoms with Crippen LogP contribution in [0.3, 0.4) is 0 Å². The normalized spacial score (nSPS) is 15.1. The number of rotatable bonds is 4. The van der Waals surface area contributed by atoms with Crippen molar-refractivity contribution in [3.63, 3.8) is 0 Å². The van der Waals surface area contributed by atoms with Crippen LogP contribution in [0.15, 0.2) is 36.5 Å². The molecule has 1 saturated carbocycles. The molecule has 0 atom stereocenters. The maximum Gasteiger partial charge on any atom is 0.274 e. The van der Waals surface area contributed by atoms with Crippen LogP contribution < -0.4 is 10.6 Å². The van der Waals surface area contributed by atoms with Gasteiger partial charge in [-0.05, 0) is 43.2 Å². The molecule has 1 fully saturated rings. The molecule has 0 unspecified atom stereocenters. The van der Waals surface area contributed by atoms with Crippen LogP contribution in [-0.4, -0.2) is 16.9 Å². The maximum atomic E-state index is 12.3. The van der Waals surface area contributed by atoms with Gasteiger partial charge in [0.15, 0.2) is 0 Å². The molecule has 0 bridgehead atoms. The minimum atomic E-state index is -0.302. The first-order valence-corrected chi connectivity index (χ1v) is 8.86. The van der Waals surface area contributed by atoms with Gasteiger partial charge in [-0.2, -0.15) is 0 Å². The van der Waals surface area contributed by atoms with E-state index in [0.29, 0.717) is 27.5 Å². The van der Waals surface area contributed by atoms with Crippen LogP contribution in [0.25, 0.3) is 0 Å². The molecule has 4 nitrogen and oxygen atoms in total. The fraction of sp³-hybridized carbons (Fsp3) is 0.333. The largest absolute Gasteiger partial charge is 0.381 e. The summed E-state index contributed by atoms with van der Waals surface area (Å²) in [7, 11) is 0. The third kappa shape index (κ3) is 4.40. The number of benzene rings is 1. The van der Waals surface area contributed by atoms with E-state index in [1.54, 1.807) is 30.5 Å². The summed E-state index contributed by atoms with van der Waals surface area (Å²) in [5.74, 6) is -0.302. The molecule has 2 aromatic rings. The fourth-order valence-electron chi connectivity index (χ4n) is 2.87. The van der Waals surface area contributed by atoms with Crippen molar-refractivity contribution in [2.75, 3.05) is 10.6 Å². The van der Waals surface area contributed by atoms with Gasteiger partial charge in [-0.3, -0.25) is 4.79 Å². The lowest BCUT2D eigenvalue weighted by molar-refractivity contribution is 0.102. The number of anilines is 2. The van der Waals surface area contributed by atoms with E-state index in [-0.39, 0.29) is 5.91 Å². The van der Waals surface area contributed by atoms with Gasteiger partial charge in [0.2, 0.25) is 0 Å². The van der Waals surface area contributed by atoms with Crippen molar-refractivity contribution in [1.29, 1.82) is 0 Å². The SMILES string of the molecule is O=C(Nc1ccc(Cl)cc1Cl)c1ccc(NC2CCCCC2)cn1. The zero-order chi connectivity index (χ0) is 16.9. The molecule has 1 aromatic heterocycles. The van der Waals surface area contributed by atoms with Crippen molar-refractivity contribution in [1.82, 2.24) is 4.98 Å². The first-order valence-electron chi connectivity index (χ1n) is 8.11. The van der Waals surface area contributed by atoms with Gasteiger partial charge in [-0.1, -0.05) is 42.5 Å². The second kappa shape index (κ2) is 7.86. The van der Waals surface area contributed by atoms with Crippen LogP contribution in [0.2, 0.25) is 10.0 Å². The minimum absolute atomic E-state index is 0.302. The van der Waals surface area contributed by atoms with Crippen LogP contribution >= 0.6 is 23.2 Å². The van der Waals surface area contributed by atoms with E-state index >= 15 is 0 Å². The number of hydrogen-bond acceptors (Lipinski definition) is 3. The molecule has 6 heteroatoms. The molecular weight excluding hydrogens is 345 g/mol. The lowest BCUT2D eigenvalue weighted by Gasteiger charge is -2.23. The van der Waals surface area contributed by atoms with Gasteiger partial charge < -0.3 is 10.6 Å². The molecule has 1 heterocycles. The third-order valence-corrected chi connectivity index (χ3v) is 4.70. The first-order chi connectivity index (χ1) is 11.6.